The molecule has 0 amide bonds. The third kappa shape index (κ3) is 5.50. The van der Waals surface area contributed by atoms with Gasteiger partial charge in [-0.15, -0.1) is 0 Å². The Balaban J connectivity index is 2.15. The number of halogens is 2. The zero-order valence-electron chi connectivity index (χ0n) is 13.4. The number of rotatable bonds is 7. The Morgan fingerprint density at radius 3 is 2.39 bits per heavy atom. The minimum Gasteiger partial charge on any atom is -0.871 e. The lowest BCUT2D eigenvalue weighted by Gasteiger charge is -2.25. The largest absolute Gasteiger partial charge is 0.871 e. The quantitative estimate of drug-likeness (QED) is 0.778. The molecule has 0 spiro atoms. The third-order valence-corrected chi connectivity index (χ3v) is 3.90. The van der Waals surface area contributed by atoms with Gasteiger partial charge in [0.25, 0.3) is 0 Å². The van der Waals surface area contributed by atoms with Gasteiger partial charge in [-0.3, -0.25) is 4.90 Å². The molecule has 0 aliphatic heterocycles. The van der Waals surface area contributed by atoms with Crippen molar-refractivity contribution in [1.82, 2.24) is 9.80 Å². The van der Waals surface area contributed by atoms with Crippen molar-refractivity contribution in [1.29, 1.82) is 0 Å². The summed E-state index contributed by atoms with van der Waals surface area (Å²) in [6, 6.07) is 12.4. The van der Waals surface area contributed by atoms with Crippen molar-refractivity contribution >= 4 is 11.6 Å². The van der Waals surface area contributed by atoms with Crippen LogP contribution in [0.15, 0.2) is 42.5 Å². The lowest BCUT2D eigenvalue weighted by atomic mass is 10.1. The second-order valence-electron chi connectivity index (χ2n) is 5.87. The van der Waals surface area contributed by atoms with E-state index in [-0.39, 0.29) is 5.02 Å². The van der Waals surface area contributed by atoms with E-state index < -0.39 is 11.6 Å². The van der Waals surface area contributed by atoms with Gasteiger partial charge in [-0.05, 0) is 31.8 Å². The Labute approximate surface area is 141 Å². The van der Waals surface area contributed by atoms with Crippen LogP contribution >= 0.6 is 11.6 Å². The normalized spacial score (nSPS) is 11.4. The average molecular weight is 336 g/mol. The zero-order valence-corrected chi connectivity index (χ0v) is 14.2. The fourth-order valence-corrected chi connectivity index (χ4v) is 2.52. The Hall–Kier alpha value is -1.62. The van der Waals surface area contributed by atoms with Crippen molar-refractivity contribution in [2.45, 2.75) is 13.1 Å². The fraction of sp³-hybridized carbons (Fsp3) is 0.333. The van der Waals surface area contributed by atoms with E-state index >= 15 is 0 Å². The molecule has 0 bridgehead atoms. The van der Waals surface area contributed by atoms with Crippen molar-refractivity contribution in [3.63, 3.8) is 0 Å². The first-order valence-corrected chi connectivity index (χ1v) is 7.89. The molecule has 2 aromatic carbocycles. The maximum absolute atomic E-state index is 14.0. The van der Waals surface area contributed by atoms with E-state index in [0.717, 1.165) is 19.2 Å². The first-order valence-electron chi connectivity index (χ1n) is 7.51. The number of nitrogens with zero attached hydrogens (tertiary/aromatic N) is 2. The summed E-state index contributed by atoms with van der Waals surface area (Å²) in [7, 11) is 4.01. The van der Waals surface area contributed by atoms with E-state index in [2.05, 4.69) is 9.80 Å². The molecule has 0 saturated heterocycles. The molecule has 0 aliphatic rings. The molecular weight excluding hydrogens is 315 g/mol. The molecule has 23 heavy (non-hydrogen) atoms. The molecule has 2 rings (SSSR count). The molecule has 0 fully saturated rings. The van der Waals surface area contributed by atoms with Crippen LogP contribution in [0.4, 0.5) is 4.39 Å². The molecule has 3 nitrogen and oxygen atoms in total. The van der Waals surface area contributed by atoms with Crippen molar-refractivity contribution in [3.05, 3.63) is 64.4 Å². The molecule has 0 atom stereocenters. The topological polar surface area (TPSA) is 29.5 Å². The maximum atomic E-state index is 14.0. The van der Waals surface area contributed by atoms with Crippen LogP contribution in [0.3, 0.4) is 0 Å². The van der Waals surface area contributed by atoms with Gasteiger partial charge in [0, 0.05) is 36.8 Å². The summed E-state index contributed by atoms with van der Waals surface area (Å²) in [6.45, 7) is 2.78. The monoisotopic (exact) mass is 335 g/mol. The molecule has 0 heterocycles. The lowest BCUT2D eigenvalue weighted by Crippen LogP contribution is -2.31. The van der Waals surface area contributed by atoms with Crippen LogP contribution in [-0.2, 0) is 13.1 Å². The summed E-state index contributed by atoms with van der Waals surface area (Å²) in [5, 5.41) is 11.5. The summed E-state index contributed by atoms with van der Waals surface area (Å²) in [5.41, 5.74) is 1.61. The smallest absolute Gasteiger partial charge is 0.127 e. The van der Waals surface area contributed by atoms with Crippen LogP contribution in [0.1, 0.15) is 11.1 Å². The predicted molar refractivity (Wildman–Crippen MR) is 90.0 cm³/mol. The van der Waals surface area contributed by atoms with E-state index in [1.165, 1.54) is 11.6 Å². The minimum absolute atomic E-state index is 0.0636. The first-order chi connectivity index (χ1) is 11.0. The van der Waals surface area contributed by atoms with Crippen molar-refractivity contribution < 1.29 is 9.50 Å². The fourth-order valence-electron chi connectivity index (χ4n) is 2.33. The van der Waals surface area contributed by atoms with Crippen molar-refractivity contribution in [2.24, 2.45) is 0 Å². The second-order valence-corrected chi connectivity index (χ2v) is 6.28. The minimum atomic E-state index is -0.498. The van der Waals surface area contributed by atoms with Crippen LogP contribution in [0.25, 0.3) is 0 Å². The third-order valence-electron chi connectivity index (χ3n) is 3.61. The molecule has 0 saturated carbocycles. The Kier molecular flexibility index (Phi) is 6.39. The Bertz CT molecular complexity index is 634. The van der Waals surface area contributed by atoms with E-state index in [9.17, 15) is 9.50 Å². The standard InChI is InChI=1S/C18H22ClFN2O/c1-21(2)8-9-22(12-14-6-4-3-5-7-14)13-15-10-16(19)18(23)11-17(15)20/h3-7,10-11,23H,8-9,12-13H2,1-2H3/p-1. The summed E-state index contributed by atoms with van der Waals surface area (Å²) < 4.78 is 14.0. The molecule has 0 aromatic heterocycles. The van der Waals surface area contributed by atoms with Crippen LogP contribution in [-0.4, -0.2) is 37.0 Å². The first kappa shape index (κ1) is 17.7. The van der Waals surface area contributed by atoms with Gasteiger partial charge in [0.05, 0.1) is 0 Å². The van der Waals surface area contributed by atoms with Gasteiger partial charge < -0.3 is 10.0 Å². The Morgan fingerprint density at radius 2 is 1.74 bits per heavy atom. The van der Waals surface area contributed by atoms with Crippen molar-refractivity contribution in [3.8, 4) is 5.75 Å². The van der Waals surface area contributed by atoms with Crippen molar-refractivity contribution in [2.75, 3.05) is 27.2 Å². The summed E-state index contributed by atoms with van der Waals surface area (Å²) >= 11 is 5.85. The van der Waals surface area contributed by atoms with Gasteiger partial charge in [0.15, 0.2) is 0 Å². The molecule has 0 aliphatic carbocycles. The number of hydrogen-bond donors (Lipinski definition) is 0. The van der Waals surface area contributed by atoms with E-state index in [1.54, 1.807) is 0 Å². The van der Waals surface area contributed by atoms with Gasteiger partial charge >= 0.3 is 0 Å². The molecular formula is C18H21ClFN2O-. The zero-order chi connectivity index (χ0) is 16.8. The molecule has 0 unspecified atom stereocenters. The summed E-state index contributed by atoms with van der Waals surface area (Å²) in [6.07, 6.45) is 0. The SMILES string of the molecule is CN(C)CCN(Cc1ccccc1)Cc1cc(Cl)c([O-])cc1F. The van der Waals surface area contributed by atoms with Crippen LogP contribution in [0, 0.1) is 5.82 Å². The van der Waals surface area contributed by atoms with E-state index in [1.807, 2.05) is 44.4 Å². The highest BCUT2D eigenvalue weighted by Crippen LogP contribution is 2.25. The Morgan fingerprint density at radius 1 is 1.04 bits per heavy atom. The van der Waals surface area contributed by atoms with Crippen LogP contribution in [0.2, 0.25) is 5.02 Å². The van der Waals surface area contributed by atoms with Gasteiger partial charge in [0.2, 0.25) is 0 Å². The molecule has 2 aromatic rings. The number of hydrogen-bond acceptors (Lipinski definition) is 3. The molecule has 0 radical (unpaired) electrons. The van der Waals surface area contributed by atoms with Crippen LogP contribution in [0.5, 0.6) is 5.75 Å². The number of likely N-dealkylation sites (N-methyl/N-ethyl adjacent to an activating group) is 1. The maximum Gasteiger partial charge on any atom is 0.127 e. The average Bonchev–Trinajstić information content (AvgIpc) is 2.51. The number of benzene rings is 2. The summed E-state index contributed by atoms with van der Waals surface area (Å²) in [4.78, 5) is 4.23. The highest BCUT2D eigenvalue weighted by Gasteiger charge is 2.12. The second kappa shape index (κ2) is 8.29. The molecule has 0 N–H and O–H groups in total. The van der Waals surface area contributed by atoms with Gasteiger partial charge in [0.1, 0.15) is 5.82 Å². The highest BCUT2D eigenvalue weighted by molar-refractivity contribution is 6.32. The molecule has 124 valence electrons. The molecule has 5 heteroatoms. The summed E-state index contributed by atoms with van der Waals surface area (Å²) in [5.74, 6) is -0.974. The lowest BCUT2D eigenvalue weighted by molar-refractivity contribution is -0.268. The van der Waals surface area contributed by atoms with Gasteiger partial charge in [-0.2, -0.15) is 0 Å². The van der Waals surface area contributed by atoms with Gasteiger partial charge in [-0.1, -0.05) is 47.7 Å². The highest BCUT2D eigenvalue weighted by atomic mass is 35.5. The van der Waals surface area contributed by atoms with Crippen LogP contribution < -0.4 is 5.11 Å². The van der Waals surface area contributed by atoms with E-state index in [4.69, 9.17) is 11.6 Å². The van der Waals surface area contributed by atoms with Gasteiger partial charge in [-0.25, -0.2) is 4.39 Å². The predicted octanol–water partition coefficient (Wildman–Crippen LogP) is 3.12. The van der Waals surface area contributed by atoms with E-state index in [0.29, 0.717) is 18.7 Å².